The molecule has 0 saturated carbocycles. The van der Waals surface area contributed by atoms with Gasteiger partial charge in [0.2, 0.25) is 0 Å². The number of benzene rings is 1. The Hall–Kier alpha value is -0.820. The minimum absolute atomic E-state index is 0.635. The van der Waals surface area contributed by atoms with Gasteiger partial charge in [-0.1, -0.05) is 30.3 Å². The predicted octanol–water partition coefficient (Wildman–Crippen LogP) is 2.54. The van der Waals surface area contributed by atoms with E-state index in [0.717, 1.165) is 5.92 Å². The molecule has 1 heterocycles. The van der Waals surface area contributed by atoms with Crippen molar-refractivity contribution < 1.29 is 0 Å². The van der Waals surface area contributed by atoms with Crippen LogP contribution in [0.2, 0.25) is 0 Å². The van der Waals surface area contributed by atoms with Crippen molar-refractivity contribution >= 4 is 0 Å². The Morgan fingerprint density at radius 2 is 2.00 bits per heavy atom. The Morgan fingerprint density at radius 3 is 2.69 bits per heavy atom. The molecule has 1 N–H and O–H groups in total. The third-order valence-corrected chi connectivity index (χ3v) is 2.99. The fraction of sp³-hybridized carbons (Fsp3) is 0.500. The van der Waals surface area contributed by atoms with Gasteiger partial charge >= 0.3 is 0 Å². The van der Waals surface area contributed by atoms with Gasteiger partial charge in [0.15, 0.2) is 0 Å². The van der Waals surface area contributed by atoms with Gasteiger partial charge in [-0.25, -0.2) is 0 Å². The van der Waals surface area contributed by atoms with E-state index < -0.39 is 0 Å². The van der Waals surface area contributed by atoms with Gasteiger partial charge in [-0.05, 0) is 37.8 Å². The second kappa shape index (κ2) is 3.93. The highest BCUT2D eigenvalue weighted by Crippen LogP contribution is 2.27. The van der Waals surface area contributed by atoms with E-state index in [1.165, 1.54) is 24.9 Å². The van der Waals surface area contributed by atoms with Crippen LogP contribution in [0.15, 0.2) is 30.3 Å². The highest BCUT2D eigenvalue weighted by molar-refractivity contribution is 5.21. The van der Waals surface area contributed by atoms with E-state index in [9.17, 15) is 0 Å². The van der Waals surface area contributed by atoms with Crippen molar-refractivity contribution in [2.45, 2.75) is 31.7 Å². The first kappa shape index (κ1) is 8.76. The van der Waals surface area contributed by atoms with Crippen LogP contribution in [0, 0.1) is 0 Å². The number of rotatable bonds is 1. The molecule has 0 unspecified atom stereocenters. The molecule has 1 aromatic rings. The molecular formula is C12H17N. The van der Waals surface area contributed by atoms with E-state index in [2.05, 4.69) is 42.6 Å². The van der Waals surface area contributed by atoms with E-state index >= 15 is 0 Å². The molecule has 13 heavy (non-hydrogen) atoms. The van der Waals surface area contributed by atoms with Crippen LogP contribution >= 0.6 is 0 Å². The smallest absolute Gasteiger partial charge is 0.0107 e. The maximum Gasteiger partial charge on any atom is 0.0107 e. The summed E-state index contributed by atoms with van der Waals surface area (Å²) in [5.41, 5.74) is 1.49. The van der Waals surface area contributed by atoms with Crippen molar-refractivity contribution in [1.82, 2.24) is 5.32 Å². The maximum absolute atomic E-state index is 3.53. The molecule has 0 amide bonds. The van der Waals surface area contributed by atoms with E-state index in [4.69, 9.17) is 0 Å². The van der Waals surface area contributed by atoms with Crippen molar-refractivity contribution in [3.05, 3.63) is 35.9 Å². The largest absolute Gasteiger partial charge is 0.314 e. The Morgan fingerprint density at radius 1 is 1.23 bits per heavy atom. The highest BCUT2D eigenvalue weighted by atomic mass is 14.9. The summed E-state index contributed by atoms with van der Waals surface area (Å²) < 4.78 is 0. The minimum atomic E-state index is 0.635. The second-order valence-electron chi connectivity index (χ2n) is 3.90. The first-order chi connectivity index (χ1) is 6.38. The van der Waals surface area contributed by atoms with Crippen molar-refractivity contribution in [2.24, 2.45) is 0 Å². The second-order valence-corrected chi connectivity index (χ2v) is 3.90. The van der Waals surface area contributed by atoms with Crippen LogP contribution < -0.4 is 5.32 Å². The lowest BCUT2D eigenvalue weighted by atomic mass is 9.86. The molecule has 1 nitrogen and oxygen atoms in total. The number of piperidine rings is 1. The zero-order valence-corrected chi connectivity index (χ0v) is 8.16. The van der Waals surface area contributed by atoms with E-state index in [0.29, 0.717) is 6.04 Å². The molecule has 0 aromatic heterocycles. The average Bonchev–Trinajstić information content (AvgIpc) is 2.20. The minimum Gasteiger partial charge on any atom is -0.314 e. The maximum atomic E-state index is 3.53. The van der Waals surface area contributed by atoms with Crippen molar-refractivity contribution in [3.8, 4) is 0 Å². The fourth-order valence-electron chi connectivity index (χ4n) is 2.20. The van der Waals surface area contributed by atoms with Gasteiger partial charge in [0.05, 0.1) is 0 Å². The fourth-order valence-corrected chi connectivity index (χ4v) is 2.20. The number of hydrogen-bond donors (Lipinski definition) is 1. The zero-order valence-electron chi connectivity index (χ0n) is 8.16. The van der Waals surface area contributed by atoms with Gasteiger partial charge in [-0.15, -0.1) is 0 Å². The molecule has 2 atom stereocenters. The molecule has 0 radical (unpaired) electrons. The normalized spacial score (nSPS) is 28.7. The molecule has 1 aliphatic heterocycles. The highest BCUT2D eigenvalue weighted by Gasteiger charge is 2.21. The molecule has 1 saturated heterocycles. The van der Waals surface area contributed by atoms with Crippen molar-refractivity contribution in [1.29, 1.82) is 0 Å². The predicted molar refractivity (Wildman–Crippen MR) is 55.9 cm³/mol. The third-order valence-electron chi connectivity index (χ3n) is 2.99. The molecule has 2 rings (SSSR count). The molecule has 1 fully saturated rings. The molecule has 0 aliphatic carbocycles. The van der Waals surface area contributed by atoms with Gasteiger partial charge in [0.1, 0.15) is 0 Å². The molecule has 1 aromatic carbocycles. The first-order valence-corrected chi connectivity index (χ1v) is 5.16. The van der Waals surface area contributed by atoms with Crippen molar-refractivity contribution in [2.75, 3.05) is 6.54 Å². The average molecular weight is 175 g/mol. The molecule has 0 bridgehead atoms. The number of nitrogens with one attached hydrogen (secondary N) is 1. The summed E-state index contributed by atoms with van der Waals surface area (Å²) in [6.07, 6.45) is 2.64. The van der Waals surface area contributed by atoms with Gasteiger partial charge in [-0.2, -0.15) is 0 Å². The van der Waals surface area contributed by atoms with Crippen LogP contribution in [0.4, 0.5) is 0 Å². The van der Waals surface area contributed by atoms with E-state index in [-0.39, 0.29) is 0 Å². The van der Waals surface area contributed by atoms with Gasteiger partial charge in [0.25, 0.3) is 0 Å². The monoisotopic (exact) mass is 175 g/mol. The summed E-state index contributed by atoms with van der Waals surface area (Å²) in [6, 6.07) is 11.5. The van der Waals surface area contributed by atoms with Crippen LogP contribution in [0.25, 0.3) is 0 Å². The summed E-state index contributed by atoms with van der Waals surface area (Å²) in [7, 11) is 0. The van der Waals surface area contributed by atoms with E-state index in [1.54, 1.807) is 0 Å². The Bertz CT molecular complexity index is 255. The summed E-state index contributed by atoms with van der Waals surface area (Å²) in [5, 5.41) is 3.53. The molecule has 70 valence electrons. The molecule has 1 aliphatic rings. The lowest BCUT2D eigenvalue weighted by molar-refractivity contribution is 0.371. The van der Waals surface area contributed by atoms with Gasteiger partial charge in [-0.3, -0.25) is 0 Å². The zero-order chi connectivity index (χ0) is 9.10. The molecule has 1 heteroatoms. The number of hydrogen-bond acceptors (Lipinski definition) is 1. The summed E-state index contributed by atoms with van der Waals surface area (Å²) in [4.78, 5) is 0. The summed E-state index contributed by atoms with van der Waals surface area (Å²) >= 11 is 0. The Kier molecular flexibility index (Phi) is 2.65. The third kappa shape index (κ3) is 1.92. The Labute approximate surface area is 80.2 Å². The van der Waals surface area contributed by atoms with Crippen LogP contribution in [-0.4, -0.2) is 12.6 Å². The van der Waals surface area contributed by atoms with Gasteiger partial charge < -0.3 is 5.32 Å². The van der Waals surface area contributed by atoms with Crippen molar-refractivity contribution in [3.63, 3.8) is 0 Å². The van der Waals surface area contributed by atoms with Gasteiger partial charge in [0, 0.05) is 6.04 Å². The first-order valence-electron chi connectivity index (χ1n) is 5.16. The van der Waals surface area contributed by atoms with Crippen LogP contribution in [0.3, 0.4) is 0 Å². The summed E-state index contributed by atoms with van der Waals surface area (Å²) in [6.45, 7) is 3.47. The molecular weight excluding hydrogens is 158 g/mol. The lowest BCUT2D eigenvalue weighted by Crippen LogP contribution is -2.37. The Balaban J connectivity index is 2.15. The van der Waals surface area contributed by atoms with Crippen LogP contribution in [0.1, 0.15) is 31.2 Å². The SMILES string of the molecule is C[C@H]1NCCC[C@H]1c1ccccc1. The topological polar surface area (TPSA) is 12.0 Å². The summed E-state index contributed by atoms with van der Waals surface area (Å²) in [5.74, 6) is 0.718. The standard InChI is InChI=1S/C12H17N/c1-10-12(8-5-9-13-10)11-6-3-2-4-7-11/h2-4,6-7,10,12-13H,5,8-9H2,1H3/t10-,12-/m1/s1. The lowest BCUT2D eigenvalue weighted by Gasteiger charge is -2.30. The van der Waals surface area contributed by atoms with Crippen LogP contribution in [0.5, 0.6) is 0 Å². The quantitative estimate of drug-likeness (QED) is 0.691. The van der Waals surface area contributed by atoms with E-state index in [1.807, 2.05) is 0 Å². The molecule has 0 spiro atoms. The van der Waals surface area contributed by atoms with Crippen LogP contribution in [-0.2, 0) is 0 Å².